The first-order valence-electron chi connectivity index (χ1n) is 8.71. The van der Waals surface area contributed by atoms with Crippen molar-refractivity contribution in [3.63, 3.8) is 0 Å². The average Bonchev–Trinajstić information content (AvgIpc) is 2.68. The Bertz CT molecular complexity index is 744. The lowest BCUT2D eigenvalue weighted by atomic mass is 10.1. The van der Waals surface area contributed by atoms with Gasteiger partial charge in [-0.25, -0.2) is 0 Å². The van der Waals surface area contributed by atoms with Crippen LogP contribution in [0.25, 0.3) is 0 Å². The molecule has 6 heteroatoms. The molecule has 1 heterocycles. The van der Waals surface area contributed by atoms with E-state index in [-0.39, 0.29) is 23.6 Å². The quantitative estimate of drug-likeness (QED) is 0.763. The van der Waals surface area contributed by atoms with E-state index in [1.165, 1.54) is 12.3 Å². The summed E-state index contributed by atoms with van der Waals surface area (Å²) in [7, 11) is 1.62. The van der Waals surface area contributed by atoms with Crippen molar-refractivity contribution in [3.8, 4) is 5.75 Å². The number of methoxy groups -OCH3 is 1. The standard InChI is InChI=1S/C20H25N3O3/c1-4-14(2)23-19(24)16-10-12-21-18(13-16)20(25)22-11-9-15-5-7-17(26-3)8-6-15/h5-8,10,12-14H,4,9,11H2,1-3H3,(H,22,25)(H,23,24). The molecule has 138 valence electrons. The molecule has 1 atom stereocenters. The topological polar surface area (TPSA) is 80.3 Å². The maximum Gasteiger partial charge on any atom is 0.269 e. The van der Waals surface area contributed by atoms with Crippen LogP contribution in [0.2, 0.25) is 0 Å². The van der Waals surface area contributed by atoms with Crippen LogP contribution in [0.4, 0.5) is 0 Å². The summed E-state index contributed by atoms with van der Waals surface area (Å²) in [6, 6.07) is 10.9. The Hall–Kier alpha value is -2.89. The summed E-state index contributed by atoms with van der Waals surface area (Å²) < 4.78 is 5.12. The van der Waals surface area contributed by atoms with E-state index in [0.717, 1.165) is 17.7 Å². The van der Waals surface area contributed by atoms with Gasteiger partial charge in [-0.05, 0) is 49.6 Å². The predicted octanol–water partition coefficient (Wildman–Crippen LogP) is 2.59. The summed E-state index contributed by atoms with van der Waals surface area (Å²) in [4.78, 5) is 28.5. The van der Waals surface area contributed by atoms with E-state index in [4.69, 9.17) is 4.74 Å². The number of hydrogen-bond acceptors (Lipinski definition) is 4. The Balaban J connectivity index is 1.90. The minimum absolute atomic E-state index is 0.0810. The SMILES string of the molecule is CCC(C)NC(=O)c1ccnc(C(=O)NCCc2ccc(OC)cc2)c1. The lowest BCUT2D eigenvalue weighted by Gasteiger charge is -2.11. The molecule has 0 saturated carbocycles. The first-order chi connectivity index (χ1) is 12.5. The second-order valence-corrected chi connectivity index (χ2v) is 6.07. The van der Waals surface area contributed by atoms with Crippen LogP contribution >= 0.6 is 0 Å². The Labute approximate surface area is 154 Å². The van der Waals surface area contributed by atoms with Crippen molar-refractivity contribution < 1.29 is 14.3 Å². The lowest BCUT2D eigenvalue weighted by Crippen LogP contribution is -2.32. The monoisotopic (exact) mass is 355 g/mol. The number of carbonyl (C=O) groups excluding carboxylic acids is 2. The van der Waals surface area contributed by atoms with Crippen molar-refractivity contribution in [2.45, 2.75) is 32.7 Å². The molecular weight excluding hydrogens is 330 g/mol. The van der Waals surface area contributed by atoms with Crippen molar-refractivity contribution >= 4 is 11.8 Å². The van der Waals surface area contributed by atoms with Gasteiger partial charge in [-0.3, -0.25) is 14.6 Å². The molecule has 2 aromatic rings. The molecule has 2 N–H and O–H groups in total. The van der Waals surface area contributed by atoms with Crippen molar-refractivity contribution in [2.24, 2.45) is 0 Å². The Morgan fingerprint density at radius 2 is 1.88 bits per heavy atom. The molecule has 6 nitrogen and oxygen atoms in total. The molecule has 0 aliphatic heterocycles. The number of amides is 2. The third kappa shape index (κ3) is 5.58. The fourth-order valence-electron chi connectivity index (χ4n) is 2.31. The van der Waals surface area contributed by atoms with Gasteiger partial charge in [0, 0.05) is 24.3 Å². The number of hydrogen-bond donors (Lipinski definition) is 2. The van der Waals surface area contributed by atoms with Crippen molar-refractivity contribution in [1.82, 2.24) is 15.6 Å². The average molecular weight is 355 g/mol. The Morgan fingerprint density at radius 3 is 2.54 bits per heavy atom. The summed E-state index contributed by atoms with van der Waals surface area (Å²) in [5, 5.41) is 5.71. The fraction of sp³-hybridized carbons (Fsp3) is 0.350. The summed E-state index contributed by atoms with van der Waals surface area (Å²) >= 11 is 0. The number of benzene rings is 1. The van der Waals surface area contributed by atoms with E-state index < -0.39 is 0 Å². The molecule has 1 aromatic heterocycles. The highest BCUT2D eigenvalue weighted by molar-refractivity contribution is 5.98. The maximum absolute atomic E-state index is 12.3. The van der Waals surface area contributed by atoms with Gasteiger partial charge in [0.15, 0.2) is 0 Å². The van der Waals surface area contributed by atoms with Crippen LogP contribution in [0, 0.1) is 0 Å². The minimum atomic E-state index is -0.295. The molecule has 1 unspecified atom stereocenters. The molecule has 2 rings (SSSR count). The van der Waals surface area contributed by atoms with Gasteiger partial charge in [-0.15, -0.1) is 0 Å². The van der Waals surface area contributed by atoms with Crippen LogP contribution in [0.3, 0.4) is 0 Å². The lowest BCUT2D eigenvalue weighted by molar-refractivity contribution is 0.0939. The van der Waals surface area contributed by atoms with E-state index in [9.17, 15) is 9.59 Å². The number of nitrogens with one attached hydrogen (secondary N) is 2. The van der Waals surface area contributed by atoms with Gasteiger partial charge >= 0.3 is 0 Å². The number of ether oxygens (including phenoxy) is 1. The van der Waals surface area contributed by atoms with Crippen LogP contribution < -0.4 is 15.4 Å². The number of aromatic nitrogens is 1. The van der Waals surface area contributed by atoms with Crippen LogP contribution in [-0.2, 0) is 6.42 Å². The molecule has 0 aliphatic rings. The molecule has 0 aliphatic carbocycles. The zero-order chi connectivity index (χ0) is 18.9. The van der Waals surface area contributed by atoms with Gasteiger partial charge in [-0.1, -0.05) is 19.1 Å². The molecule has 0 saturated heterocycles. The molecule has 2 amide bonds. The fourth-order valence-corrected chi connectivity index (χ4v) is 2.31. The number of carbonyl (C=O) groups is 2. The van der Waals surface area contributed by atoms with Gasteiger partial charge < -0.3 is 15.4 Å². The molecule has 0 fully saturated rings. The van der Waals surface area contributed by atoms with Crippen molar-refractivity contribution in [2.75, 3.05) is 13.7 Å². The van der Waals surface area contributed by atoms with Crippen molar-refractivity contribution in [1.29, 1.82) is 0 Å². The zero-order valence-corrected chi connectivity index (χ0v) is 15.4. The molecule has 0 bridgehead atoms. The third-order valence-corrected chi connectivity index (χ3v) is 4.10. The smallest absolute Gasteiger partial charge is 0.269 e. The van der Waals surface area contributed by atoms with Gasteiger partial charge in [0.2, 0.25) is 0 Å². The molecule has 1 aromatic carbocycles. The van der Waals surface area contributed by atoms with E-state index in [2.05, 4.69) is 15.6 Å². The highest BCUT2D eigenvalue weighted by Crippen LogP contribution is 2.11. The van der Waals surface area contributed by atoms with Gasteiger partial charge in [0.1, 0.15) is 11.4 Å². The minimum Gasteiger partial charge on any atom is -0.497 e. The van der Waals surface area contributed by atoms with Crippen molar-refractivity contribution in [3.05, 3.63) is 59.4 Å². The second kappa shape index (κ2) is 9.56. The van der Waals surface area contributed by atoms with E-state index in [0.29, 0.717) is 18.5 Å². The Morgan fingerprint density at radius 1 is 1.15 bits per heavy atom. The normalized spacial score (nSPS) is 11.5. The van der Waals surface area contributed by atoms with E-state index >= 15 is 0 Å². The molecule has 0 spiro atoms. The summed E-state index contributed by atoms with van der Waals surface area (Å²) in [6.45, 7) is 4.42. The maximum atomic E-state index is 12.3. The number of pyridine rings is 1. The number of nitrogens with zero attached hydrogens (tertiary/aromatic N) is 1. The van der Waals surface area contributed by atoms with Crippen LogP contribution in [0.15, 0.2) is 42.6 Å². The molecule has 0 radical (unpaired) electrons. The molecule has 26 heavy (non-hydrogen) atoms. The second-order valence-electron chi connectivity index (χ2n) is 6.07. The summed E-state index contributed by atoms with van der Waals surface area (Å²) in [6.07, 6.45) is 3.02. The first kappa shape index (κ1) is 19.4. The van der Waals surface area contributed by atoms with E-state index in [1.807, 2.05) is 38.1 Å². The summed E-state index contributed by atoms with van der Waals surface area (Å²) in [5.41, 5.74) is 1.76. The van der Waals surface area contributed by atoms with E-state index in [1.54, 1.807) is 13.2 Å². The zero-order valence-electron chi connectivity index (χ0n) is 15.4. The number of rotatable bonds is 8. The largest absolute Gasteiger partial charge is 0.497 e. The van der Waals surface area contributed by atoms with Gasteiger partial charge in [0.25, 0.3) is 11.8 Å². The van der Waals surface area contributed by atoms with Crippen LogP contribution in [0.5, 0.6) is 5.75 Å². The molecular formula is C20H25N3O3. The van der Waals surface area contributed by atoms with Gasteiger partial charge in [0.05, 0.1) is 7.11 Å². The third-order valence-electron chi connectivity index (χ3n) is 4.10. The Kier molecular flexibility index (Phi) is 7.14. The highest BCUT2D eigenvalue weighted by Gasteiger charge is 2.13. The first-order valence-corrected chi connectivity index (χ1v) is 8.71. The predicted molar refractivity (Wildman–Crippen MR) is 100 cm³/mol. The van der Waals surface area contributed by atoms with Crippen LogP contribution in [0.1, 0.15) is 46.7 Å². The van der Waals surface area contributed by atoms with Gasteiger partial charge in [-0.2, -0.15) is 0 Å². The van der Waals surface area contributed by atoms with Crippen LogP contribution in [-0.4, -0.2) is 36.5 Å². The summed E-state index contributed by atoms with van der Waals surface area (Å²) in [5.74, 6) is 0.306. The highest BCUT2D eigenvalue weighted by atomic mass is 16.5.